The summed E-state index contributed by atoms with van der Waals surface area (Å²) in [6.45, 7) is 3.92. The van der Waals surface area contributed by atoms with Gasteiger partial charge in [-0.25, -0.2) is 4.79 Å². The Bertz CT molecular complexity index is 532. The lowest BCUT2D eigenvalue weighted by Gasteiger charge is -2.17. The second-order valence-corrected chi connectivity index (χ2v) is 4.91. The third-order valence-electron chi connectivity index (χ3n) is 2.60. The molecule has 0 fully saturated rings. The lowest BCUT2D eigenvalue weighted by molar-refractivity contribution is 0.0601. The van der Waals surface area contributed by atoms with Gasteiger partial charge in [0, 0.05) is 18.2 Å². The number of carbonyl (C=O) groups excluding carboxylic acids is 1. The van der Waals surface area contributed by atoms with Crippen molar-refractivity contribution in [3.05, 3.63) is 17.7 Å². The predicted molar refractivity (Wildman–Crippen MR) is 85.4 cm³/mol. The molecule has 21 heavy (non-hydrogen) atoms. The van der Waals surface area contributed by atoms with Gasteiger partial charge in [0.05, 0.1) is 32.6 Å². The van der Waals surface area contributed by atoms with Crippen molar-refractivity contribution in [3.8, 4) is 11.5 Å². The number of methoxy groups -OCH3 is 3. The van der Waals surface area contributed by atoms with Crippen LogP contribution in [-0.4, -0.2) is 38.5 Å². The molecule has 0 atom stereocenters. The van der Waals surface area contributed by atoms with Gasteiger partial charge in [0.2, 0.25) is 0 Å². The number of hydrogen-bond acceptors (Lipinski definition) is 5. The fourth-order valence-electron chi connectivity index (χ4n) is 1.68. The molecule has 1 rings (SSSR count). The molecule has 0 unspecified atom stereocenters. The van der Waals surface area contributed by atoms with E-state index in [4.69, 9.17) is 26.4 Å². The highest BCUT2D eigenvalue weighted by atomic mass is 32.1. The second kappa shape index (κ2) is 7.68. The zero-order valence-corrected chi connectivity index (χ0v) is 13.6. The number of ether oxygens (including phenoxy) is 3. The van der Waals surface area contributed by atoms with Crippen LogP contribution in [0, 0.1) is 0 Å². The zero-order chi connectivity index (χ0) is 16.0. The Morgan fingerprint density at radius 1 is 1.14 bits per heavy atom. The van der Waals surface area contributed by atoms with Gasteiger partial charge in [-0.1, -0.05) is 0 Å². The van der Waals surface area contributed by atoms with Crippen molar-refractivity contribution in [2.45, 2.75) is 19.9 Å². The van der Waals surface area contributed by atoms with Gasteiger partial charge >= 0.3 is 5.97 Å². The van der Waals surface area contributed by atoms with Crippen molar-refractivity contribution in [2.24, 2.45) is 0 Å². The second-order valence-electron chi connectivity index (χ2n) is 4.50. The average molecular weight is 312 g/mol. The number of rotatable bonds is 5. The molecule has 2 N–H and O–H groups in total. The third kappa shape index (κ3) is 4.49. The van der Waals surface area contributed by atoms with Crippen LogP contribution >= 0.6 is 12.2 Å². The van der Waals surface area contributed by atoms with Crippen molar-refractivity contribution in [3.63, 3.8) is 0 Å². The molecule has 116 valence electrons. The van der Waals surface area contributed by atoms with E-state index in [1.54, 1.807) is 12.1 Å². The van der Waals surface area contributed by atoms with Crippen LogP contribution in [0.5, 0.6) is 11.5 Å². The van der Waals surface area contributed by atoms with Crippen LogP contribution in [0.3, 0.4) is 0 Å². The zero-order valence-electron chi connectivity index (χ0n) is 12.8. The predicted octanol–water partition coefficient (Wildman–Crippen LogP) is 2.19. The first kappa shape index (κ1) is 17.0. The van der Waals surface area contributed by atoms with E-state index >= 15 is 0 Å². The van der Waals surface area contributed by atoms with Gasteiger partial charge in [0.25, 0.3) is 0 Å². The largest absolute Gasteiger partial charge is 0.493 e. The Morgan fingerprint density at radius 2 is 1.71 bits per heavy atom. The summed E-state index contributed by atoms with van der Waals surface area (Å²) in [4.78, 5) is 11.9. The molecule has 7 heteroatoms. The Morgan fingerprint density at radius 3 is 2.19 bits per heavy atom. The number of nitrogens with one attached hydrogen (secondary N) is 2. The van der Waals surface area contributed by atoms with E-state index in [0.717, 1.165) is 0 Å². The monoisotopic (exact) mass is 312 g/mol. The van der Waals surface area contributed by atoms with Gasteiger partial charge in [-0.15, -0.1) is 0 Å². The summed E-state index contributed by atoms with van der Waals surface area (Å²) < 4.78 is 15.2. The number of esters is 1. The van der Waals surface area contributed by atoms with Crippen LogP contribution in [-0.2, 0) is 4.74 Å². The molecule has 1 aromatic carbocycles. The molecule has 0 radical (unpaired) electrons. The fraction of sp³-hybridized carbons (Fsp3) is 0.429. The minimum Gasteiger partial charge on any atom is -0.493 e. The molecule has 6 nitrogen and oxygen atoms in total. The Labute approximate surface area is 129 Å². The summed E-state index contributed by atoms with van der Waals surface area (Å²) in [6.07, 6.45) is 0. The number of thiocarbonyl (C=S) groups is 1. The first-order chi connectivity index (χ1) is 9.92. The van der Waals surface area contributed by atoms with E-state index in [0.29, 0.717) is 27.9 Å². The standard InChI is InChI=1S/C14H20N2O4S/c1-8(2)15-14(21)16-10-7-12(19-4)11(18-3)6-9(10)13(17)20-5/h6-8H,1-5H3,(H2,15,16,21). The number of hydrogen-bond donors (Lipinski definition) is 2. The van der Waals surface area contributed by atoms with Crippen LogP contribution < -0.4 is 20.1 Å². The third-order valence-corrected chi connectivity index (χ3v) is 2.82. The van der Waals surface area contributed by atoms with E-state index in [1.807, 2.05) is 13.8 Å². The molecule has 0 aliphatic heterocycles. The quantitative estimate of drug-likeness (QED) is 0.638. The van der Waals surface area contributed by atoms with E-state index < -0.39 is 5.97 Å². The number of benzene rings is 1. The van der Waals surface area contributed by atoms with Crippen LogP contribution in [0.25, 0.3) is 0 Å². The molecule has 0 saturated heterocycles. The van der Waals surface area contributed by atoms with Gasteiger partial charge in [-0.2, -0.15) is 0 Å². The lowest BCUT2D eigenvalue weighted by atomic mass is 10.1. The highest BCUT2D eigenvalue weighted by molar-refractivity contribution is 7.80. The normalized spacial score (nSPS) is 10.0. The summed E-state index contributed by atoms with van der Waals surface area (Å²) in [5.41, 5.74) is 0.792. The first-order valence-corrected chi connectivity index (χ1v) is 6.75. The lowest BCUT2D eigenvalue weighted by Crippen LogP contribution is -2.34. The molecule has 1 aromatic rings. The van der Waals surface area contributed by atoms with Crippen LogP contribution in [0.1, 0.15) is 24.2 Å². The summed E-state index contributed by atoms with van der Waals surface area (Å²) in [5, 5.41) is 6.41. The molecule has 0 amide bonds. The maximum Gasteiger partial charge on any atom is 0.340 e. The maximum atomic E-state index is 11.9. The van der Waals surface area contributed by atoms with Gasteiger partial charge < -0.3 is 24.8 Å². The van der Waals surface area contributed by atoms with Gasteiger partial charge in [0.15, 0.2) is 16.6 Å². The highest BCUT2D eigenvalue weighted by Crippen LogP contribution is 2.33. The number of carbonyl (C=O) groups is 1. The molecule has 0 heterocycles. The molecule has 0 aromatic heterocycles. The molecule has 0 bridgehead atoms. The molecule has 0 spiro atoms. The summed E-state index contributed by atoms with van der Waals surface area (Å²) in [6, 6.07) is 3.36. The summed E-state index contributed by atoms with van der Waals surface area (Å²) >= 11 is 5.19. The smallest absolute Gasteiger partial charge is 0.340 e. The number of anilines is 1. The topological polar surface area (TPSA) is 68.8 Å². The Balaban J connectivity index is 3.20. The van der Waals surface area contributed by atoms with E-state index in [1.165, 1.54) is 21.3 Å². The van der Waals surface area contributed by atoms with Crippen molar-refractivity contribution >= 4 is 29.0 Å². The average Bonchev–Trinajstić information content (AvgIpc) is 2.44. The van der Waals surface area contributed by atoms with Crippen LogP contribution in [0.2, 0.25) is 0 Å². The van der Waals surface area contributed by atoms with Gasteiger partial charge in [-0.05, 0) is 26.1 Å². The first-order valence-electron chi connectivity index (χ1n) is 6.34. The SMILES string of the molecule is COC(=O)c1cc(OC)c(OC)cc1NC(=S)NC(C)C. The molecular formula is C14H20N2O4S. The Hall–Kier alpha value is -2.02. The van der Waals surface area contributed by atoms with Gasteiger partial charge in [0.1, 0.15) is 0 Å². The molecule has 0 aliphatic rings. The maximum absolute atomic E-state index is 11.9. The van der Waals surface area contributed by atoms with Crippen molar-refractivity contribution in [1.29, 1.82) is 0 Å². The van der Waals surface area contributed by atoms with Crippen molar-refractivity contribution in [2.75, 3.05) is 26.6 Å². The molecular weight excluding hydrogens is 292 g/mol. The van der Waals surface area contributed by atoms with E-state index in [-0.39, 0.29) is 6.04 Å². The van der Waals surface area contributed by atoms with Crippen molar-refractivity contribution < 1.29 is 19.0 Å². The Kier molecular flexibility index (Phi) is 6.23. The molecule has 0 saturated carbocycles. The fourth-order valence-corrected chi connectivity index (χ4v) is 2.03. The van der Waals surface area contributed by atoms with Crippen LogP contribution in [0.15, 0.2) is 12.1 Å². The summed E-state index contributed by atoms with van der Waals surface area (Å²) in [7, 11) is 4.33. The van der Waals surface area contributed by atoms with Gasteiger partial charge in [-0.3, -0.25) is 0 Å². The summed E-state index contributed by atoms with van der Waals surface area (Å²) in [5.74, 6) is 0.428. The van der Waals surface area contributed by atoms with Crippen molar-refractivity contribution in [1.82, 2.24) is 5.32 Å². The minimum absolute atomic E-state index is 0.173. The minimum atomic E-state index is -0.495. The van der Waals surface area contributed by atoms with E-state index in [9.17, 15) is 4.79 Å². The van der Waals surface area contributed by atoms with Crippen LogP contribution in [0.4, 0.5) is 5.69 Å². The molecule has 0 aliphatic carbocycles. The highest BCUT2D eigenvalue weighted by Gasteiger charge is 2.18. The van der Waals surface area contributed by atoms with E-state index in [2.05, 4.69) is 10.6 Å².